The number of nitrogens with zero attached hydrogens (tertiary/aromatic N) is 1. The van der Waals surface area contributed by atoms with Crippen molar-refractivity contribution in [3.8, 4) is 11.5 Å². The van der Waals surface area contributed by atoms with Gasteiger partial charge in [0, 0.05) is 0 Å². The van der Waals surface area contributed by atoms with Gasteiger partial charge in [-0.25, -0.2) is 9.78 Å². The van der Waals surface area contributed by atoms with E-state index in [2.05, 4.69) is 10.3 Å². The molecule has 0 radical (unpaired) electrons. The summed E-state index contributed by atoms with van der Waals surface area (Å²) in [6, 6.07) is 16.1. The molecule has 0 bridgehead atoms. The average Bonchev–Trinajstić information content (AvgIpc) is 3.02. The zero-order valence-corrected chi connectivity index (χ0v) is 15.0. The molecule has 3 rings (SSSR count). The van der Waals surface area contributed by atoms with Gasteiger partial charge in [-0.2, -0.15) is 0 Å². The molecule has 26 heavy (non-hydrogen) atoms. The maximum Gasteiger partial charge on any atom is 0.350 e. The van der Waals surface area contributed by atoms with Gasteiger partial charge in [0.05, 0.1) is 18.4 Å². The lowest BCUT2D eigenvalue weighted by Crippen LogP contribution is -2.12. The minimum absolute atomic E-state index is 0.322. The number of benzene rings is 2. The lowest BCUT2D eigenvalue weighted by atomic mass is 10.2. The van der Waals surface area contributed by atoms with Crippen LogP contribution in [0.3, 0.4) is 0 Å². The van der Waals surface area contributed by atoms with Crippen molar-refractivity contribution in [3.63, 3.8) is 0 Å². The number of thiazole rings is 1. The Labute approximate surface area is 154 Å². The highest BCUT2D eigenvalue weighted by Gasteiger charge is 2.19. The van der Waals surface area contributed by atoms with E-state index >= 15 is 0 Å². The topological polar surface area (TPSA) is 77.5 Å². The first-order valence-electron chi connectivity index (χ1n) is 7.77. The highest BCUT2D eigenvalue weighted by Crippen LogP contribution is 2.28. The van der Waals surface area contributed by atoms with Crippen molar-refractivity contribution in [2.24, 2.45) is 0 Å². The van der Waals surface area contributed by atoms with Crippen LogP contribution in [0, 0.1) is 6.92 Å². The van der Waals surface area contributed by atoms with E-state index in [1.807, 2.05) is 30.3 Å². The molecule has 0 saturated carbocycles. The fourth-order valence-electron chi connectivity index (χ4n) is 2.26. The van der Waals surface area contributed by atoms with Crippen LogP contribution in [0.5, 0.6) is 11.5 Å². The summed E-state index contributed by atoms with van der Waals surface area (Å²) < 4.78 is 10.5. The van der Waals surface area contributed by atoms with Gasteiger partial charge in [-0.15, -0.1) is 0 Å². The van der Waals surface area contributed by atoms with Crippen molar-refractivity contribution in [1.29, 1.82) is 0 Å². The Hall–Kier alpha value is -3.19. The number of nitrogens with one attached hydrogen (secondary N) is 1. The predicted molar refractivity (Wildman–Crippen MR) is 99.1 cm³/mol. The number of para-hydroxylation sites is 2. The third-order valence-electron chi connectivity index (χ3n) is 3.49. The van der Waals surface area contributed by atoms with Crippen molar-refractivity contribution >= 4 is 28.3 Å². The SMILES string of the molecule is COC(=O)c1sc(NC(=O)c2ccccc2Oc2ccccc2)nc1C. The Morgan fingerprint density at radius 3 is 2.46 bits per heavy atom. The molecule has 1 heterocycles. The number of rotatable bonds is 5. The van der Waals surface area contributed by atoms with Crippen molar-refractivity contribution in [2.75, 3.05) is 12.4 Å². The summed E-state index contributed by atoms with van der Waals surface area (Å²) in [6.45, 7) is 1.69. The quantitative estimate of drug-likeness (QED) is 0.680. The van der Waals surface area contributed by atoms with Crippen molar-refractivity contribution in [1.82, 2.24) is 4.98 Å². The van der Waals surface area contributed by atoms with Gasteiger partial charge in [0.1, 0.15) is 16.4 Å². The van der Waals surface area contributed by atoms with Crippen LogP contribution < -0.4 is 10.1 Å². The van der Waals surface area contributed by atoms with Crippen LogP contribution in [-0.2, 0) is 4.74 Å². The van der Waals surface area contributed by atoms with Crippen molar-refractivity contribution in [2.45, 2.75) is 6.92 Å². The highest BCUT2D eigenvalue weighted by molar-refractivity contribution is 7.17. The number of aromatic nitrogens is 1. The molecule has 0 fully saturated rings. The second-order valence-electron chi connectivity index (χ2n) is 5.29. The van der Waals surface area contributed by atoms with E-state index in [0.29, 0.717) is 32.8 Å². The molecule has 0 atom stereocenters. The first kappa shape index (κ1) is 17.6. The smallest absolute Gasteiger partial charge is 0.350 e. The van der Waals surface area contributed by atoms with Gasteiger partial charge >= 0.3 is 5.97 Å². The number of methoxy groups -OCH3 is 1. The van der Waals surface area contributed by atoms with Crippen molar-refractivity contribution < 1.29 is 19.1 Å². The third-order valence-corrected chi connectivity index (χ3v) is 4.54. The number of hydrogen-bond acceptors (Lipinski definition) is 6. The molecular formula is C19H16N2O4S. The van der Waals surface area contributed by atoms with Gasteiger partial charge < -0.3 is 9.47 Å². The van der Waals surface area contributed by atoms with E-state index in [-0.39, 0.29) is 5.91 Å². The minimum Gasteiger partial charge on any atom is -0.465 e. The summed E-state index contributed by atoms with van der Waals surface area (Å²) in [6.07, 6.45) is 0. The highest BCUT2D eigenvalue weighted by atomic mass is 32.1. The lowest BCUT2D eigenvalue weighted by Gasteiger charge is -2.10. The molecule has 132 valence electrons. The van der Waals surface area contributed by atoms with E-state index < -0.39 is 5.97 Å². The zero-order valence-electron chi connectivity index (χ0n) is 14.2. The molecule has 7 heteroatoms. The van der Waals surface area contributed by atoms with Gasteiger partial charge in [-0.3, -0.25) is 10.1 Å². The number of carbonyl (C=O) groups excluding carboxylic acids is 2. The van der Waals surface area contributed by atoms with Gasteiger partial charge in [0.15, 0.2) is 5.13 Å². The van der Waals surface area contributed by atoms with Gasteiger partial charge in [-0.05, 0) is 31.2 Å². The van der Waals surface area contributed by atoms with Crippen LogP contribution in [-0.4, -0.2) is 24.0 Å². The second kappa shape index (κ2) is 7.79. The first-order chi connectivity index (χ1) is 12.6. The third kappa shape index (κ3) is 3.89. The predicted octanol–water partition coefficient (Wildman–Crippen LogP) is 4.28. The number of amides is 1. The molecule has 6 nitrogen and oxygen atoms in total. The van der Waals surface area contributed by atoms with Crippen LogP contribution in [0.25, 0.3) is 0 Å². The van der Waals surface area contributed by atoms with Crippen LogP contribution in [0.2, 0.25) is 0 Å². The number of carbonyl (C=O) groups is 2. The second-order valence-corrected chi connectivity index (χ2v) is 6.29. The van der Waals surface area contributed by atoms with Crippen LogP contribution in [0.15, 0.2) is 54.6 Å². The molecule has 0 aliphatic heterocycles. The Morgan fingerprint density at radius 1 is 1.04 bits per heavy atom. The molecule has 3 aromatic rings. The maximum absolute atomic E-state index is 12.6. The molecule has 0 aliphatic carbocycles. The molecule has 2 aromatic carbocycles. The summed E-state index contributed by atoms with van der Waals surface area (Å²) in [5.41, 5.74) is 0.870. The van der Waals surface area contributed by atoms with Gasteiger partial charge in [0.25, 0.3) is 5.91 Å². The van der Waals surface area contributed by atoms with E-state index in [1.165, 1.54) is 7.11 Å². The summed E-state index contributed by atoms with van der Waals surface area (Å²) >= 11 is 1.07. The Morgan fingerprint density at radius 2 is 1.73 bits per heavy atom. The molecular weight excluding hydrogens is 352 g/mol. The first-order valence-corrected chi connectivity index (χ1v) is 8.59. The van der Waals surface area contributed by atoms with Crippen LogP contribution in [0.1, 0.15) is 25.7 Å². The summed E-state index contributed by atoms with van der Waals surface area (Å²) in [5.74, 6) is 0.207. The fourth-order valence-corrected chi connectivity index (χ4v) is 3.13. The lowest BCUT2D eigenvalue weighted by molar-refractivity contribution is 0.0605. The normalized spacial score (nSPS) is 10.2. The van der Waals surface area contributed by atoms with E-state index in [4.69, 9.17) is 9.47 Å². The molecule has 0 spiro atoms. The Bertz CT molecular complexity index is 938. The molecule has 1 aromatic heterocycles. The van der Waals surface area contributed by atoms with E-state index in [0.717, 1.165) is 11.3 Å². The van der Waals surface area contributed by atoms with E-state index in [1.54, 1.807) is 31.2 Å². The molecule has 1 amide bonds. The van der Waals surface area contributed by atoms with Gasteiger partial charge in [0.2, 0.25) is 0 Å². The monoisotopic (exact) mass is 368 g/mol. The van der Waals surface area contributed by atoms with Gasteiger partial charge in [-0.1, -0.05) is 41.7 Å². The van der Waals surface area contributed by atoms with Crippen molar-refractivity contribution in [3.05, 3.63) is 70.7 Å². The summed E-state index contributed by atoms with van der Waals surface area (Å²) in [4.78, 5) is 28.9. The summed E-state index contributed by atoms with van der Waals surface area (Å²) in [5, 5.41) is 3.03. The summed E-state index contributed by atoms with van der Waals surface area (Å²) in [7, 11) is 1.30. The number of aryl methyl sites for hydroxylation is 1. The molecule has 0 saturated heterocycles. The van der Waals surface area contributed by atoms with E-state index in [9.17, 15) is 9.59 Å². The van der Waals surface area contributed by atoms with Crippen LogP contribution in [0.4, 0.5) is 5.13 Å². The number of anilines is 1. The molecule has 0 unspecified atom stereocenters. The van der Waals surface area contributed by atoms with Crippen LogP contribution >= 0.6 is 11.3 Å². The number of esters is 1. The Kier molecular flexibility index (Phi) is 5.28. The number of ether oxygens (including phenoxy) is 2. The fraction of sp³-hybridized carbons (Fsp3) is 0.105. The minimum atomic E-state index is -0.478. The Balaban J connectivity index is 1.82. The number of hydrogen-bond donors (Lipinski definition) is 1. The standard InChI is InChI=1S/C19H16N2O4S/c1-12-16(18(23)24-2)26-19(20-12)21-17(22)14-10-6-7-11-15(14)25-13-8-4-3-5-9-13/h3-11H,1-2H3,(H,20,21,22). The zero-order chi connectivity index (χ0) is 18.5. The molecule has 0 aliphatic rings. The largest absolute Gasteiger partial charge is 0.465 e. The maximum atomic E-state index is 12.6. The molecule has 1 N–H and O–H groups in total. The average molecular weight is 368 g/mol.